The molecule has 0 radical (unpaired) electrons. The van der Waals surface area contributed by atoms with Crippen LogP contribution < -0.4 is 0 Å². The maximum absolute atomic E-state index is 12.8. The molecule has 0 aromatic heterocycles. The van der Waals surface area contributed by atoms with Gasteiger partial charge in [-0.1, -0.05) is 34.6 Å². The molecule has 8 N–H and O–H groups in total. The lowest BCUT2D eigenvalue weighted by Gasteiger charge is -2.63. The summed E-state index contributed by atoms with van der Waals surface area (Å²) >= 11 is 0. The molecule has 9 fully saturated rings. The Morgan fingerprint density at radius 2 is 1.47 bits per heavy atom. The van der Waals surface area contributed by atoms with Crippen LogP contribution in [0.2, 0.25) is 0 Å². The maximum atomic E-state index is 12.8. The van der Waals surface area contributed by atoms with Gasteiger partial charge in [-0.3, -0.25) is 0 Å². The molecular formula is C41H66O14. The summed E-state index contributed by atoms with van der Waals surface area (Å²) < 4.78 is 38.0. The first-order valence-corrected chi connectivity index (χ1v) is 21.0. The van der Waals surface area contributed by atoms with E-state index in [1.165, 1.54) is 0 Å². The standard InChI is InChI=1S/C41H66O14/c1-18-14-20-31(36(4,5)49)55-41(54-20)30(18)37(6)12-13-40-17-39(40)11-10-24(35(2,3)22(39)8-9-23(40)38(37,7)34(41)48)52-33-29(25(44)19(43)16-50-33)53-32-28(47)27(46)26(45)21(15-42)51-32/h18-34,42-49H,8-17H2,1-7H3/t18-,19-,20-,21-,22-,23+,24+,25+,26-,27+,28-,29-,30-,31+,32+,33-,34-,37-,38-,39-,40+,41+/m1/s1. The van der Waals surface area contributed by atoms with Crippen molar-refractivity contribution in [1.29, 1.82) is 0 Å². The Labute approximate surface area is 323 Å². The van der Waals surface area contributed by atoms with Crippen molar-refractivity contribution in [1.82, 2.24) is 0 Å². The van der Waals surface area contributed by atoms with Gasteiger partial charge in [0.25, 0.3) is 0 Å². The summed E-state index contributed by atoms with van der Waals surface area (Å²) in [5.41, 5.74) is -1.96. The second-order valence-electron chi connectivity index (χ2n) is 21.1. The van der Waals surface area contributed by atoms with E-state index in [4.69, 9.17) is 28.4 Å². The van der Waals surface area contributed by atoms with Gasteiger partial charge in [0.15, 0.2) is 18.4 Å². The molecule has 9 aliphatic rings. The van der Waals surface area contributed by atoms with Crippen LogP contribution in [0, 0.1) is 50.7 Å². The highest BCUT2D eigenvalue weighted by Crippen LogP contribution is 2.90. The minimum Gasteiger partial charge on any atom is -0.394 e. The lowest BCUT2D eigenvalue weighted by Crippen LogP contribution is -2.64. The van der Waals surface area contributed by atoms with Crippen LogP contribution in [0.15, 0.2) is 0 Å². The van der Waals surface area contributed by atoms with Gasteiger partial charge in [0.05, 0.1) is 31.0 Å². The minimum absolute atomic E-state index is 0.0106. The van der Waals surface area contributed by atoms with Gasteiger partial charge >= 0.3 is 0 Å². The molecule has 4 heterocycles. The highest BCUT2D eigenvalue weighted by atomic mass is 16.8. The van der Waals surface area contributed by atoms with Crippen molar-refractivity contribution in [2.75, 3.05) is 13.2 Å². The zero-order valence-corrected chi connectivity index (χ0v) is 33.4. The first-order chi connectivity index (χ1) is 25.6. The molecule has 55 heavy (non-hydrogen) atoms. The van der Waals surface area contributed by atoms with Crippen molar-refractivity contribution in [3.8, 4) is 0 Å². The van der Waals surface area contributed by atoms with Crippen molar-refractivity contribution in [2.24, 2.45) is 50.7 Å². The quantitative estimate of drug-likeness (QED) is 0.176. The molecule has 4 aliphatic heterocycles. The van der Waals surface area contributed by atoms with Gasteiger partial charge in [-0.05, 0) is 105 Å². The number of aliphatic hydroxyl groups is 8. The average molecular weight is 783 g/mol. The third kappa shape index (κ3) is 4.98. The number of aliphatic hydroxyl groups excluding tert-OH is 7. The highest BCUT2D eigenvalue weighted by molar-refractivity contribution is 5.34. The third-order valence-electron chi connectivity index (χ3n) is 18.0. The van der Waals surface area contributed by atoms with E-state index in [9.17, 15) is 40.9 Å². The molecule has 5 aliphatic carbocycles. The average Bonchev–Trinajstić information content (AvgIpc) is 3.63. The third-order valence-corrected chi connectivity index (χ3v) is 18.0. The summed E-state index contributed by atoms with van der Waals surface area (Å²) in [6.07, 6.45) is -7.28. The maximum Gasteiger partial charge on any atom is 0.199 e. The van der Waals surface area contributed by atoms with E-state index >= 15 is 0 Å². The lowest BCUT2D eigenvalue weighted by molar-refractivity contribution is -0.366. The van der Waals surface area contributed by atoms with Crippen LogP contribution in [0.5, 0.6) is 0 Å². The number of hydrogen-bond donors (Lipinski definition) is 8. The number of fused-ring (bicyclic) bond motifs is 4. The number of rotatable bonds is 6. The van der Waals surface area contributed by atoms with Crippen LogP contribution in [0.4, 0.5) is 0 Å². The molecule has 14 nitrogen and oxygen atoms in total. The first-order valence-electron chi connectivity index (χ1n) is 21.0. The van der Waals surface area contributed by atoms with Crippen LogP contribution in [0.1, 0.15) is 99.8 Å². The Balaban J connectivity index is 0.962. The Morgan fingerprint density at radius 1 is 0.782 bits per heavy atom. The second kappa shape index (κ2) is 12.5. The number of hydrogen-bond acceptors (Lipinski definition) is 14. The van der Waals surface area contributed by atoms with E-state index in [1.807, 2.05) is 0 Å². The summed E-state index contributed by atoms with van der Waals surface area (Å²) in [6, 6.07) is 0. The molecule has 5 saturated carbocycles. The van der Waals surface area contributed by atoms with Gasteiger partial charge in [-0.25, -0.2) is 0 Å². The minimum atomic E-state index is -1.70. The van der Waals surface area contributed by atoms with Gasteiger partial charge in [0.2, 0.25) is 0 Å². The van der Waals surface area contributed by atoms with E-state index in [2.05, 4.69) is 34.6 Å². The summed E-state index contributed by atoms with van der Waals surface area (Å²) in [4.78, 5) is 0. The van der Waals surface area contributed by atoms with E-state index in [-0.39, 0.29) is 58.2 Å². The number of ether oxygens (including phenoxy) is 6. The summed E-state index contributed by atoms with van der Waals surface area (Å²) in [5, 5.41) is 86.7. The van der Waals surface area contributed by atoms with Crippen molar-refractivity contribution < 1.29 is 69.3 Å². The monoisotopic (exact) mass is 782 g/mol. The fourth-order valence-corrected chi connectivity index (χ4v) is 15.4. The highest BCUT2D eigenvalue weighted by Gasteiger charge is 2.88. The van der Waals surface area contributed by atoms with Crippen molar-refractivity contribution >= 4 is 0 Å². The van der Waals surface area contributed by atoms with E-state index < -0.39 is 90.9 Å². The zero-order valence-electron chi connectivity index (χ0n) is 33.4. The van der Waals surface area contributed by atoms with Gasteiger partial charge in [0.1, 0.15) is 54.9 Å². The predicted octanol–water partition coefficient (Wildman–Crippen LogP) is 0.946. The summed E-state index contributed by atoms with van der Waals surface area (Å²) in [6.45, 7) is 14.2. The van der Waals surface area contributed by atoms with Crippen LogP contribution >= 0.6 is 0 Å². The fraction of sp³-hybridized carbons (Fsp3) is 1.00. The van der Waals surface area contributed by atoms with Crippen molar-refractivity contribution in [3.05, 3.63) is 0 Å². The Morgan fingerprint density at radius 3 is 2.16 bits per heavy atom. The van der Waals surface area contributed by atoms with E-state index in [0.717, 1.165) is 51.4 Å². The Hall–Kier alpha value is -0.560. The molecule has 314 valence electrons. The van der Waals surface area contributed by atoms with E-state index in [1.54, 1.807) is 13.8 Å². The van der Waals surface area contributed by atoms with E-state index in [0.29, 0.717) is 5.92 Å². The SMILES string of the molecule is C[C@@H]1C[C@H]2O[C@@]3(O[C@@H]2C(C)(C)O)[C@H](O)[C@@]2(C)[C@@H]4CC[C@@H]5C(C)(C)[C@@H](O[C@H]6OC[C@@H](O)[C@H](O)[C@H]6O[C@@H]6O[C@H](CO)[C@@H](O)[C@H](O)[C@H]6O)CC[C@@]56C[C@@]46CC[C@]2(C)[C@@H]13. The molecule has 0 aromatic carbocycles. The van der Waals surface area contributed by atoms with Gasteiger partial charge in [-0.2, -0.15) is 0 Å². The molecule has 2 bridgehead atoms. The topological polar surface area (TPSA) is 217 Å². The molecule has 14 heteroatoms. The normalized spacial score (nSPS) is 60.6. The molecule has 9 rings (SSSR count). The van der Waals surface area contributed by atoms with Gasteiger partial charge in [0, 0.05) is 11.3 Å². The van der Waals surface area contributed by atoms with Crippen LogP contribution in [-0.2, 0) is 28.4 Å². The van der Waals surface area contributed by atoms with Crippen molar-refractivity contribution in [3.63, 3.8) is 0 Å². The van der Waals surface area contributed by atoms with Gasteiger partial charge in [-0.15, -0.1) is 0 Å². The molecule has 4 saturated heterocycles. The first kappa shape index (κ1) is 39.9. The zero-order chi connectivity index (χ0) is 39.6. The van der Waals surface area contributed by atoms with Crippen LogP contribution in [-0.4, -0.2) is 145 Å². The molecule has 0 amide bonds. The predicted molar refractivity (Wildman–Crippen MR) is 191 cm³/mol. The van der Waals surface area contributed by atoms with Crippen LogP contribution in [0.25, 0.3) is 0 Å². The molecular weight excluding hydrogens is 716 g/mol. The Bertz CT molecular complexity index is 1500. The molecule has 3 spiro atoms. The molecule has 22 atom stereocenters. The smallest absolute Gasteiger partial charge is 0.199 e. The summed E-state index contributed by atoms with van der Waals surface area (Å²) in [7, 11) is 0. The van der Waals surface area contributed by atoms with Crippen LogP contribution in [0.3, 0.4) is 0 Å². The Kier molecular flexibility index (Phi) is 9.06. The lowest BCUT2D eigenvalue weighted by atomic mass is 9.41. The van der Waals surface area contributed by atoms with Crippen molar-refractivity contribution in [2.45, 2.75) is 191 Å². The summed E-state index contributed by atoms with van der Waals surface area (Å²) in [5.74, 6) is -0.276. The largest absolute Gasteiger partial charge is 0.394 e. The second-order valence-corrected chi connectivity index (χ2v) is 21.1. The molecule has 0 aromatic rings. The van der Waals surface area contributed by atoms with Gasteiger partial charge < -0.3 is 69.3 Å². The molecule has 0 unspecified atom stereocenters. The fourth-order valence-electron chi connectivity index (χ4n) is 15.4.